The fraction of sp³-hybridized carbons (Fsp3) is 0.182. The fourth-order valence-electron chi connectivity index (χ4n) is 1.40. The molecular weight excluding hydrogens is 192 g/mol. The van der Waals surface area contributed by atoms with Gasteiger partial charge >= 0.3 is 5.69 Å². The predicted molar refractivity (Wildman–Crippen MR) is 57.6 cm³/mol. The lowest BCUT2D eigenvalue weighted by Gasteiger charge is -2.02. The van der Waals surface area contributed by atoms with Crippen LogP contribution in [0.5, 0.6) is 5.75 Å². The van der Waals surface area contributed by atoms with E-state index in [1.807, 2.05) is 24.3 Å². The molecule has 0 aliphatic carbocycles. The molecule has 15 heavy (non-hydrogen) atoms. The third kappa shape index (κ3) is 1.66. The maximum absolute atomic E-state index is 11.6. The largest absolute Gasteiger partial charge is 0.497 e. The van der Waals surface area contributed by atoms with Gasteiger partial charge in [0, 0.05) is 19.4 Å². The molecule has 1 aromatic carbocycles. The summed E-state index contributed by atoms with van der Waals surface area (Å²) in [6, 6.07) is 7.35. The van der Waals surface area contributed by atoms with E-state index < -0.39 is 0 Å². The van der Waals surface area contributed by atoms with E-state index in [0.29, 0.717) is 0 Å². The number of methoxy groups -OCH3 is 1. The van der Waals surface area contributed by atoms with Crippen LogP contribution in [0.3, 0.4) is 0 Å². The van der Waals surface area contributed by atoms with Gasteiger partial charge in [-0.15, -0.1) is 0 Å². The topological polar surface area (TPSA) is 36.2 Å². The Hall–Kier alpha value is -1.97. The van der Waals surface area contributed by atoms with Gasteiger partial charge in [-0.05, 0) is 24.3 Å². The number of aryl methyl sites for hydroxylation is 1. The van der Waals surface area contributed by atoms with E-state index in [4.69, 9.17) is 4.74 Å². The van der Waals surface area contributed by atoms with Crippen LogP contribution in [0.2, 0.25) is 0 Å². The van der Waals surface area contributed by atoms with Crippen LogP contribution in [-0.2, 0) is 7.05 Å². The van der Waals surface area contributed by atoms with E-state index in [-0.39, 0.29) is 5.69 Å². The second-order valence-corrected chi connectivity index (χ2v) is 3.26. The molecule has 0 atom stereocenters. The third-order valence-electron chi connectivity index (χ3n) is 2.30. The average molecular weight is 204 g/mol. The molecular formula is C11H12N2O2. The second kappa shape index (κ2) is 3.65. The summed E-state index contributed by atoms with van der Waals surface area (Å²) in [5.74, 6) is 0.780. The number of aromatic nitrogens is 2. The Bertz CT molecular complexity index is 508. The first kappa shape index (κ1) is 9.58. The quantitative estimate of drug-likeness (QED) is 0.736. The van der Waals surface area contributed by atoms with Crippen LogP contribution in [0, 0.1) is 0 Å². The Kier molecular flexibility index (Phi) is 2.33. The van der Waals surface area contributed by atoms with E-state index in [1.165, 1.54) is 4.57 Å². The molecule has 0 unspecified atom stereocenters. The molecule has 0 fully saturated rings. The third-order valence-corrected chi connectivity index (χ3v) is 2.30. The van der Waals surface area contributed by atoms with Crippen molar-refractivity contribution in [1.82, 2.24) is 9.13 Å². The lowest BCUT2D eigenvalue weighted by Crippen LogP contribution is -2.20. The predicted octanol–water partition coefficient (Wildman–Crippen LogP) is 1.18. The average Bonchev–Trinajstić information content (AvgIpc) is 2.60. The Labute approximate surface area is 87.3 Å². The molecule has 0 amide bonds. The van der Waals surface area contributed by atoms with Crippen LogP contribution in [0.25, 0.3) is 5.69 Å². The number of ether oxygens (including phenoxy) is 1. The van der Waals surface area contributed by atoms with E-state index in [2.05, 4.69) is 0 Å². The van der Waals surface area contributed by atoms with Crippen molar-refractivity contribution in [3.8, 4) is 11.4 Å². The zero-order valence-corrected chi connectivity index (χ0v) is 8.68. The Morgan fingerprint density at radius 2 is 1.80 bits per heavy atom. The van der Waals surface area contributed by atoms with Crippen LogP contribution in [0.1, 0.15) is 0 Å². The summed E-state index contributed by atoms with van der Waals surface area (Å²) in [7, 11) is 3.34. The van der Waals surface area contributed by atoms with E-state index in [1.54, 1.807) is 31.1 Å². The fourth-order valence-corrected chi connectivity index (χ4v) is 1.40. The summed E-state index contributed by atoms with van der Waals surface area (Å²) < 4.78 is 8.16. The Morgan fingerprint density at radius 3 is 2.27 bits per heavy atom. The van der Waals surface area contributed by atoms with Crippen molar-refractivity contribution in [1.29, 1.82) is 0 Å². The number of nitrogens with zero attached hydrogens (tertiary/aromatic N) is 2. The van der Waals surface area contributed by atoms with Crippen molar-refractivity contribution in [3.05, 3.63) is 47.1 Å². The molecule has 1 aromatic heterocycles. The van der Waals surface area contributed by atoms with Gasteiger partial charge in [-0.2, -0.15) is 0 Å². The van der Waals surface area contributed by atoms with Crippen LogP contribution in [-0.4, -0.2) is 16.2 Å². The highest BCUT2D eigenvalue weighted by atomic mass is 16.5. The molecule has 1 heterocycles. The number of imidazole rings is 1. The minimum atomic E-state index is -0.0554. The molecule has 0 bridgehead atoms. The summed E-state index contributed by atoms with van der Waals surface area (Å²) in [6.07, 6.45) is 3.47. The lowest BCUT2D eigenvalue weighted by atomic mass is 10.3. The van der Waals surface area contributed by atoms with Gasteiger partial charge in [0.1, 0.15) is 5.75 Å². The summed E-state index contributed by atoms with van der Waals surface area (Å²) in [4.78, 5) is 11.6. The minimum Gasteiger partial charge on any atom is -0.497 e. The van der Waals surface area contributed by atoms with Gasteiger partial charge in [-0.3, -0.25) is 4.57 Å². The van der Waals surface area contributed by atoms with E-state index in [0.717, 1.165) is 11.4 Å². The smallest absolute Gasteiger partial charge is 0.332 e. The molecule has 0 aliphatic heterocycles. The Morgan fingerprint density at radius 1 is 1.13 bits per heavy atom. The molecule has 0 aliphatic rings. The molecule has 0 radical (unpaired) electrons. The molecule has 2 aromatic rings. The number of rotatable bonds is 2. The summed E-state index contributed by atoms with van der Waals surface area (Å²) in [5.41, 5.74) is 0.779. The van der Waals surface area contributed by atoms with Crippen LogP contribution in [0.4, 0.5) is 0 Å². The van der Waals surface area contributed by atoms with Crippen molar-refractivity contribution in [2.45, 2.75) is 0 Å². The Balaban J connectivity index is 2.46. The van der Waals surface area contributed by atoms with Gasteiger partial charge in [0.05, 0.1) is 12.8 Å². The minimum absolute atomic E-state index is 0.0554. The van der Waals surface area contributed by atoms with Gasteiger partial charge < -0.3 is 9.30 Å². The summed E-state index contributed by atoms with van der Waals surface area (Å²) >= 11 is 0. The van der Waals surface area contributed by atoms with E-state index >= 15 is 0 Å². The maximum atomic E-state index is 11.6. The molecule has 78 valence electrons. The van der Waals surface area contributed by atoms with Crippen LogP contribution < -0.4 is 10.4 Å². The molecule has 0 N–H and O–H groups in total. The van der Waals surface area contributed by atoms with Gasteiger partial charge in [0.15, 0.2) is 0 Å². The number of hydrogen-bond donors (Lipinski definition) is 0. The molecule has 2 rings (SSSR count). The first-order valence-corrected chi connectivity index (χ1v) is 4.61. The van der Waals surface area contributed by atoms with Crippen molar-refractivity contribution >= 4 is 0 Å². The molecule has 0 saturated carbocycles. The highest BCUT2D eigenvalue weighted by molar-refractivity contribution is 5.37. The first-order chi connectivity index (χ1) is 7.22. The lowest BCUT2D eigenvalue weighted by molar-refractivity contribution is 0.414. The summed E-state index contributed by atoms with van der Waals surface area (Å²) in [6.45, 7) is 0. The highest BCUT2D eigenvalue weighted by Crippen LogP contribution is 2.13. The molecule has 0 saturated heterocycles. The molecule has 0 spiro atoms. The second-order valence-electron chi connectivity index (χ2n) is 3.26. The molecule has 4 nitrogen and oxygen atoms in total. The normalized spacial score (nSPS) is 10.3. The van der Waals surface area contributed by atoms with Gasteiger partial charge in [-0.1, -0.05) is 0 Å². The maximum Gasteiger partial charge on any atom is 0.332 e. The molecule has 4 heteroatoms. The van der Waals surface area contributed by atoms with Crippen LogP contribution in [0.15, 0.2) is 41.5 Å². The first-order valence-electron chi connectivity index (χ1n) is 4.61. The number of hydrogen-bond acceptors (Lipinski definition) is 2. The van der Waals surface area contributed by atoms with E-state index in [9.17, 15) is 4.79 Å². The van der Waals surface area contributed by atoms with Crippen LogP contribution >= 0.6 is 0 Å². The number of benzene rings is 1. The van der Waals surface area contributed by atoms with Gasteiger partial charge in [-0.25, -0.2) is 4.79 Å². The van der Waals surface area contributed by atoms with Crippen molar-refractivity contribution in [3.63, 3.8) is 0 Å². The van der Waals surface area contributed by atoms with Crippen molar-refractivity contribution in [2.75, 3.05) is 7.11 Å². The van der Waals surface area contributed by atoms with Gasteiger partial charge in [0.2, 0.25) is 0 Å². The zero-order chi connectivity index (χ0) is 10.8. The van der Waals surface area contributed by atoms with Crippen molar-refractivity contribution < 1.29 is 4.74 Å². The SMILES string of the molecule is COc1ccc(-n2ccn(C)c2=O)cc1. The van der Waals surface area contributed by atoms with Crippen molar-refractivity contribution in [2.24, 2.45) is 7.05 Å². The highest BCUT2D eigenvalue weighted by Gasteiger charge is 2.01. The summed E-state index contributed by atoms with van der Waals surface area (Å²) in [5, 5.41) is 0. The monoisotopic (exact) mass is 204 g/mol. The van der Waals surface area contributed by atoms with Gasteiger partial charge in [0.25, 0.3) is 0 Å². The standard InChI is InChI=1S/C11H12N2O2/c1-12-7-8-13(11(12)14)9-3-5-10(15-2)6-4-9/h3-8H,1-2H3. The zero-order valence-electron chi connectivity index (χ0n) is 8.68.